The summed E-state index contributed by atoms with van der Waals surface area (Å²) in [5, 5.41) is 0. The minimum absolute atomic E-state index is 0.167. The van der Waals surface area contributed by atoms with E-state index < -0.39 is 0 Å². The van der Waals surface area contributed by atoms with Crippen molar-refractivity contribution in [3.8, 4) is 11.5 Å². The van der Waals surface area contributed by atoms with E-state index in [2.05, 4.69) is 0 Å². The van der Waals surface area contributed by atoms with Gasteiger partial charge in [-0.3, -0.25) is 4.79 Å². The van der Waals surface area contributed by atoms with Gasteiger partial charge in [0.05, 0.1) is 11.4 Å². The lowest BCUT2D eigenvalue weighted by molar-refractivity contribution is 0.103. The van der Waals surface area contributed by atoms with Gasteiger partial charge in [0.2, 0.25) is 0 Å². The zero-order valence-corrected chi connectivity index (χ0v) is 17.5. The Morgan fingerprint density at radius 1 is 0.594 bits per heavy atom. The second kappa shape index (κ2) is 9.71. The average molecular weight is 425 g/mol. The first kappa shape index (κ1) is 21.0. The first-order valence-electron chi connectivity index (χ1n) is 10.3. The fraction of sp³-hybridized carbons (Fsp3) is 0.0741. The number of carbonyl (C=O) groups excluding carboxylic acids is 1. The largest absolute Gasteiger partial charge is 0.487 e. The summed E-state index contributed by atoms with van der Waals surface area (Å²) in [6.45, 7) is 0.726. The number of benzene rings is 4. The molecule has 5 heteroatoms. The van der Waals surface area contributed by atoms with Crippen LogP contribution in [0, 0.1) is 0 Å². The van der Waals surface area contributed by atoms with E-state index in [1.54, 1.807) is 36.4 Å². The van der Waals surface area contributed by atoms with Gasteiger partial charge in [-0.25, -0.2) is 0 Å². The van der Waals surface area contributed by atoms with E-state index in [1.807, 2.05) is 60.7 Å². The Labute approximate surface area is 187 Å². The van der Waals surface area contributed by atoms with Crippen LogP contribution in [-0.4, -0.2) is 5.78 Å². The van der Waals surface area contributed by atoms with E-state index in [0.717, 1.165) is 11.1 Å². The van der Waals surface area contributed by atoms with Gasteiger partial charge in [-0.05, 0) is 47.5 Å². The lowest BCUT2D eigenvalue weighted by Crippen LogP contribution is -2.06. The molecule has 4 N–H and O–H groups in total. The minimum atomic E-state index is -0.167. The Morgan fingerprint density at radius 3 is 1.41 bits per heavy atom. The number of hydrogen-bond acceptors (Lipinski definition) is 5. The van der Waals surface area contributed by atoms with Gasteiger partial charge in [-0.2, -0.15) is 0 Å². The molecule has 4 rings (SSSR count). The first-order chi connectivity index (χ1) is 15.6. The highest BCUT2D eigenvalue weighted by Gasteiger charge is 2.14. The Morgan fingerprint density at radius 2 is 1.00 bits per heavy atom. The molecule has 5 nitrogen and oxygen atoms in total. The Kier molecular flexibility index (Phi) is 6.37. The van der Waals surface area contributed by atoms with Gasteiger partial charge >= 0.3 is 0 Å². The molecular formula is C27H24N2O3. The van der Waals surface area contributed by atoms with Crippen molar-refractivity contribution >= 4 is 17.2 Å². The van der Waals surface area contributed by atoms with Gasteiger partial charge in [-0.15, -0.1) is 0 Å². The summed E-state index contributed by atoms with van der Waals surface area (Å²) in [7, 11) is 0. The van der Waals surface area contributed by atoms with E-state index in [-0.39, 0.29) is 5.78 Å². The van der Waals surface area contributed by atoms with Crippen molar-refractivity contribution < 1.29 is 14.3 Å². The van der Waals surface area contributed by atoms with Crippen LogP contribution in [0.1, 0.15) is 27.0 Å². The molecule has 0 aliphatic rings. The molecule has 0 saturated heterocycles. The second-order valence-corrected chi connectivity index (χ2v) is 7.38. The van der Waals surface area contributed by atoms with E-state index in [0.29, 0.717) is 47.2 Å². The zero-order valence-electron chi connectivity index (χ0n) is 17.5. The maximum atomic E-state index is 13.1. The summed E-state index contributed by atoms with van der Waals surface area (Å²) in [4.78, 5) is 13.1. The van der Waals surface area contributed by atoms with Crippen molar-refractivity contribution in [2.75, 3.05) is 11.5 Å². The van der Waals surface area contributed by atoms with Crippen LogP contribution in [0.2, 0.25) is 0 Å². The molecule has 0 saturated carbocycles. The maximum absolute atomic E-state index is 13.1. The highest BCUT2D eigenvalue weighted by molar-refractivity contribution is 6.09. The number of carbonyl (C=O) groups is 1. The normalized spacial score (nSPS) is 10.5. The van der Waals surface area contributed by atoms with E-state index in [9.17, 15) is 4.79 Å². The third-order valence-corrected chi connectivity index (χ3v) is 5.03. The van der Waals surface area contributed by atoms with E-state index in [4.69, 9.17) is 20.9 Å². The van der Waals surface area contributed by atoms with Gasteiger partial charge in [-0.1, -0.05) is 60.7 Å². The van der Waals surface area contributed by atoms with Crippen LogP contribution in [0.15, 0.2) is 97.1 Å². The molecule has 0 radical (unpaired) electrons. The Hall–Kier alpha value is -4.25. The molecule has 0 unspecified atom stereocenters. The molecule has 0 aromatic heterocycles. The van der Waals surface area contributed by atoms with E-state index in [1.165, 1.54) is 0 Å². The van der Waals surface area contributed by atoms with Crippen molar-refractivity contribution in [3.63, 3.8) is 0 Å². The second-order valence-electron chi connectivity index (χ2n) is 7.38. The summed E-state index contributed by atoms with van der Waals surface area (Å²) < 4.78 is 11.7. The molecule has 0 atom stereocenters. The maximum Gasteiger partial charge on any atom is 0.193 e. The van der Waals surface area contributed by atoms with Crippen molar-refractivity contribution in [1.29, 1.82) is 0 Å². The molecule has 0 amide bonds. The van der Waals surface area contributed by atoms with Crippen LogP contribution in [0.4, 0.5) is 11.4 Å². The van der Waals surface area contributed by atoms with Gasteiger partial charge < -0.3 is 20.9 Å². The molecule has 160 valence electrons. The summed E-state index contributed by atoms with van der Waals surface area (Å²) in [5.74, 6) is 0.769. The smallest absolute Gasteiger partial charge is 0.193 e. The summed E-state index contributed by atoms with van der Waals surface area (Å²) in [6, 6.07) is 29.6. The van der Waals surface area contributed by atoms with Crippen LogP contribution >= 0.6 is 0 Å². The molecule has 0 spiro atoms. The first-order valence-corrected chi connectivity index (χ1v) is 10.3. The van der Waals surface area contributed by atoms with Crippen LogP contribution in [0.3, 0.4) is 0 Å². The molecule has 0 fully saturated rings. The fourth-order valence-corrected chi connectivity index (χ4v) is 3.24. The number of anilines is 2. The summed E-state index contributed by atoms with van der Waals surface area (Å²) in [5.41, 5.74) is 16.0. The van der Waals surface area contributed by atoms with Crippen molar-refractivity contribution in [3.05, 3.63) is 119 Å². The molecule has 0 heterocycles. The number of hydrogen-bond donors (Lipinski definition) is 2. The highest BCUT2D eigenvalue weighted by atomic mass is 16.5. The molecule has 0 aliphatic heterocycles. The summed E-state index contributed by atoms with van der Waals surface area (Å²) >= 11 is 0. The highest BCUT2D eigenvalue weighted by Crippen LogP contribution is 2.28. The van der Waals surface area contributed by atoms with Crippen LogP contribution in [0.5, 0.6) is 11.5 Å². The molecule has 4 aromatic rings. The molecule has 0 aliphatic carbocycles. The molecule has 32 heavy (non-hydrogen) atoms. The standard InChI is InChI=1S/C27H24N2O3/c28-23-13-11-21(15-25(23)31-17-19-7-3-1-4-8-19)27(30)22-12-14-24(29)26(16-22)32-18-20-9-5-2-6-10-20/h1-16H,17-18,28-29H2. The van der Waals surface area contributed by atoms with Crippen LogP contribution in [0.25, 0.3) is 0 Å². The number of nitrogens with two attached hydrogens (primary N) is 2. The Balaban J connectivity index is 1.51. The van der Waals surface area contributed by atoms with Gasteiger partial charge in [0.25, 0.3) is 0 Å². The summed E-state index contributed by atoms with van der Waals surface area (Å²) in [6.07, 6.45) is 0. The lowest BCUT2D eigenvalue weighted by Gasteiger charge is -2.12. The molecular weight excluding hydrogens is 400 g/mol. The number of nitrogen functional groups attached to an aromatic ring is 2. The van der Waals surface area contributed by atoms with Crippen LogP contribution < -0.4 is 20.9 Å². The van der Waals surface area contributed by atoms with Crippen molar-refractivity contribution in [2.24, 2.45) is 0 Å². The number of ether oxygens (including phenoxy) is 2. The monoisotopic (exact) mass is 424 g/mol. The molecule has 0 bridgehead atoms. The van der Waals surface area contributed by atoms with Gasteiger partial charge in [0.1, 0.15) is 24.7 Å². The van der Waals surface area contributed by atoms with Crippen molar-refractivity contribution in [2.45, 2.75) is 13.2 Å². The van der Waals surface area contributed by atoms with Crippen LogP contribution in [-0.2, 0) is 13.2 Å². The number of ketones is 1. The quantitative estimate of drug-likeness (QED) is 0.298. The Bertz CT molecular complexity index is 1110. The topological polar surface area (TPSA) is 87.6 Å². The number of rotatable bonds is 8. The fourth-order valence-electron chi connectivity index (χ4n) is 3.24. The average Bonchev–Trinajstić information content (AvgIpc) is 2.84. The lowest BCUT2D eigenvalue weighted by atomic mass is 10.0. The predicted octanol–water partition coefficient (Wildman–Crippen LogP) is 5.24. The van der Waals surface area contributed by atoms with E-state index >= 15 is 0 Å². The molecule has 4 aromatic carbocycles. The van der Waals surface area contributed by atoms with Gasteiger partial charge in [0, 0.05) is 11.1 Å². The third kappa shape index (κ3) is 5.08. The van der Waals surface area contributed by atoms with Crippen molar-refractivity contribution in [1.82, 2.24) is 0 Å². The zero-order chi connectivity index (χ0) is 22.3. The predicted molar refractivity (Wildman–Crippen MR) is 127 cm³/mol. The SMILES string of the molecule is Nc1ccc(C(=O)c2ccc(N)c(OCc3ccccc3)c2)cc1OCc1ccccc1. The minimum Gasteiger partial charge on any atom is -0.487 e. The third-order valence-electron chi connectivity index (χ3n) is 5.03. The van der Waals surface area contributed by atoms with Gasteiger partial charge in [0.15, 0.2) is 5.78 Å².